The fourth-order valence-electron chi connectivity index (χ4n) is 6.28. The van der Waals surface area contributed by atoms with Gasteiger partial charge in [0.25, 0.3) is 5.91 Å². The molecule has 3 N–H and O–H groups in total. The highest BCUT2D eigenvalue weighted by Gasteiger charge is 2.51. The van der Waals surface area contributed by atoms with E-state index in [4.69, 9.17) is 4.74 Å². The van der Waals surface area contributed by atoms with Gasteiger partial charge >= 0.3 is 6.09 Å². The van der Waals surface area contributed by atoms with Crippen LogP contribution < -0.4 is 16.0 Å². The molecule has 10 nitrogen and oxygen atoms in total. The zero-order valence-electron chi connectivity index (χ0n) is 23.4. The minimum atomic E-state index is -3.09. The minimum Gasteiger partial charge on any atom is -0.453 e. The number of nitrogens with one attached hydrogen (secondary N) is 3. The molecule has 0 aromatic carbocycles. The van der Waals surface area contributed by atoms with Crippen molar-refractivity contribution in [2.75, 3.05) is 13.7 Å². The van der Waals surface area contributed by atoms with E-state index < -0.39 is 60.6 Å². The molecule has 4 rings (SSSR count). The van der Waals surface area contributed by atoms with Crippen molar-refractivity contribution in [3.05, 3.63) is 0 Å². The molecule has 12 heteroatoms. The molecule has 1 aliphatic heterocycles. The monoisotopic (exact) mass is 568 g/mol. The van der Waals surface area contributed by atoms with E-state index in [2.05, 4.69) is 16.0 Å². The van der Waals surface area contributed by atoms with E-state index in [0.717, 1.165) is 71.1 Å². The van der Waals surface area contributed by atoms with Gasteiger partial charge in [-0.15, -0.1) is 0 Å². The first-order valence-electron chi connectivity index (χ1n) is 14.6. The van der Waals surface area contributed by atoms with E-state index in [1.54, 1.807) is 0 Å². The number of rotatable bonds is 11. The molecule has 3 atom stereocenters. The number of Topliss-reactive ketones (excluding diaryl/α,β-unsaturated/α-hetero) is 1. The van der Waals surface area contributed by atoms with Gasteiger partial charge in [0.2, 0.25) is 23.5 Å². The number of nitrogens with zero attached hydrogens (tertiary/aromatic N) is 1. The molecule has 1 spiro atoms. The van der Waals surface area contributed by atoms with Gasteiger partial charge in [0.1, 0.15) is 12.1 Å². The van der Waals surface area contributed by atoms with Crippen molar-refractivity contribution in [3.63, 3.8) is 0 Å². The number of hydrogen-bond acceptors (Lipinski definition) is 6. The number of alkyl halides is 2. The van der Waals surface area contributed by atoms with Crippen LogP contribution in [-0.2, 0) is 23.9 Å². The number of carbonyl (C=O) groups excluding carboxylic acids is 5. The summed E-state index contributed by atoms with van der Waals surface area (Å²) < 4.78 is 32.2. The normalized spacial score (nSPS) is 24.0. The number of ketones is 1. The van der Waals surface area contributed by atoms with Gasteiger partial charge in [-0.2, -0.15) is 0 Å². The standard InChI is InChI=1S/C28H42F2N4O6/c1-27(29,30)14-11-19(22(35)24(37)31-18-9-10-18)32-23(36)20-15-28(12-4-3-5-13-28)16-34(20)25(38)21(17-7-6-8-17)33-26(39)40-2/h17-21H,3-16H2,1-2H3,(H,31,37)(H,32,36)(H,33,39)/t19-,20-,21+/m0/s1. The first-order valence-corrected chi connectivity index (χ1v) is 14.6. The Kier molecular flexibility index (Phi) is 9.34. The van der Waals surface area contributed by atoms with Gasteiger partial charge in [0.15, 0.2) is 0 Å². The van der Waals surface area contributed by atoms with Crippen molar-refractivity contribution in [2.24, 2.45) is 11.3 Å². The molecule has 3 aliphatic carbocycles. The summed E-state index contributed by atoms with van der Waals surface area (Å²) in [6.07, 6.45) is 7.16. The molecule has 4 aliphatic rings. The van der Waals surface area contributed by atoms with E-state index in [0.29, 0.717) is 13.0 Å². The van der Waals surface area contributed by atoms with Crippen molar-refractivity contribution in [2.45, 2.75) is 120 Å². The second kappa shape index (κ2) is 12.4. The van der Waals surface area contributed by atoms with E-state index in [9.17, 15) is 32.8 Å². The Balaban J connectivity index is 1.55. The van der Waals surface area contributed by atoms with Crippen LogP contribution in [0.2, 0.25) is 0 Å². The van der Waals surface area contributed by atoms with Crippen LogP contribution in [0.3, 0.4) is 0 Å². The molecule has 40 heavy (non-hydrogen) atoms. The number of amides is 4. The molecule has 1 heterocycles. The molecule has 0 radical (unpaired) electrons. The first kappa shape index (κ1) is 30.2. The van der Waals surface area contributed by atoms with Crippen LogP contribution in [0.1, 0.15) is 90.4 Å². The van der Waals surface area contributed by atoms with Crippen LogP contribution in [0.25, 0.3) is 0 Å². The van der Waals surface area contributed by atoms with Crippen molar-refractivity contribution >= 4 is 29.6 Å². The quantitative estimate of drug-likeness (QED) is 0.328. The molecule has 224 valence electrons. The zero-order chi connectivity index (χ0) is 29.1. The lowest BCUT2D eigenvalue weighted by atomic mass is 9.72. The Bertz CT molecular complexity index is 988. The number of likely N-dealkylation sites (tertiary alicyclic amines) is 1. The molecule has 4 fully saturated rings. The molecule has 3 saturated carbocycles. The number of ether oxygens (including phenoxy) is 1. The van der Waals surface area contributed by atoms with Crippen LogP contribution in [0.5, 0.6) is 0 Å². The van der Waals surface area contributed by atoms with Crippen LogP contribution >= 0.6 is 0 Å². The molecule has 1 saturated heterocycles. The lowest BCUT2D eigenvalue weighted by molar-refractivity contribution is -0.144. The molecular formula is C28H42F2N4O6. The highest BCUT2D eigenvalue weighted by atomic mass is 19.3. The maximum atomic E-state index is 13.9. The van der Waals surface area contributed by atoms with Gasteiger partial charge in [0, 0.05) is 19.0 Å². The topological polar surface area (TPSA) is 134 Å². The summed E-state index contributed by atoms with van der Waals surface area (Å²) in [6.45, 7) is 1.06. The number of hydrogen-bond donors (Lipinski definition) is 3. The Labute approximate surface area is 233 Å². The van der Waals surface area contributed by atoms with Crippen LogP contribution in [0.4, 0.5) is 13.6 Å². The van der Waals surface area contributed by atoms with Gasteiger partial charge in [-0.25, -0.2) is 13.6 Å². The second-order valence-electron chi connectivity index (χ2n) is 12.3. The molecular weight excluding hydrogens is 526 g/mol. The summed E-state index contributed by atoms with van der Waals surface area (Å²) in [4.78, 5) is 66.7. The van der Waals surface area contributed by atoms with Gasteiger partial charge in [-0.1, -0.05) is 25.7 Å². The lowest BCUT2D eigenvalue weighted by Crippen LogP contribution is -2.58. The smallest absolute Gasteiger partial charge is 0.407 e. The summed E-state index contributed by atoms with van der Waals surface area (Å²) in [5, 5.41) is 7.80. The average molecular weight is 569 g/mol. The van der Waals surface area contributed by atoms with E-state index in [1.807, 2.05) is 0 Å². The van der Waals surface area contributed by atoms with Gasteiger partial charge in [-0.05, 0) is 69.6 Å². The van der Waals surface area contributed by atoms with E-state index in [1.165, 1.54) is 12.0 Å². The largest absolute Gasteiger partial charge is 0.453 e. The molecule has 4 amide bonds. The first-order chi connectivity index (χ1) is 18.9. The SMILES string of the molecule is COC(=O)N[C@@H](C(=O)N1CC2(CCCCC2)C[C@H]1C(=O)N[C@@H](CCC(C)(F)F)C(=O)C(=O)NC1CC1)C1CCC1. The van der Waals surface area contributed by atoms with Crippen molar-refractivity contribution in [1.82, 2.24) is 20.9 Å². The Morgan fingerprint density at radius 1 is 1.00 bits per heavy atom. The number of carbonyl (C=O) groups is 5. The fourth-order valence-corrected chi connectivity index (χ4v) is 6.28. The van der Waals surface area contributed by atoms with E-state index >= 15 is 0 Å². The number of alkyl carbamates (subject to hydrolysis) is 1. The third kappa shape index (κ3) is 7.48. The van der Waals surface area contributed by atoms with Crippen LogP contribution in [-0.4, -0.2) is 78.2 Å². The van der Waals surface area contributed by atoms with Crippen molar-refractivity contribution in [3.8, 4) is 0 Å². The lowest BCUT2D eigenvalue weighted by Gasteiger charge is -2.37. The van der Waals surface area contributed by atoms with Crippen molar-refractivity contribution in [1.29, 1.82) is 0 Å². The van der Waals surface area contributed by atoms with Crippen molar-refractivity contribution < 1.29 is 37.5 Å². The zero-order valence-corrected chi connectivity index (χ0v) is 23.4. The minimum absolute atomic E-state index is 0.0783. The summed E-state index contributed by atoms with van der Waals surface area (Å²) in [6, 6.07) is -3.35. The fraction of sp³-hybridized carbons (Fsp3) is 0.821. The molecule has 0 aromatic heterocycles. The third-order valence-corrected chi connectivity index (χ3v) is 9.00. The summed E-state index contributed by atoms with van der Waals surface area (Å²) in [5.41, 5.74) is -0.273. The Hall–Kier alpha value is -2.79. The Morgan fingerprint density at radius 3 is 2.23 bits per heavy atom. The average Bonchev–Trinajstić information content (AvgIpc) is 3.62. The molecule has 0 bridgehead atoms. The summed E-state index contributed by atoms with van der Waals surface area (Å²) in [5.74, 6) is -6.06. The molecule has 0 unspecified atom stereocenters. The summed E-state index contributed by atoms with van der Waals surface area (Å²) in [7, 11) is 1.22. The van der Waals surface area contributed by atoms with Gasteiger partial charge < -0.3 is 25.6 Å². The summed E-state index contributed by atoms with van der Waals surface area (Å²) >= 11 is 0. The highest BCUT2D eigenvalue weighted by molar-refractivity contribution is 6.38. The Morgan fingerprint density at radius 2 is 1.68 bits per heavy atom. The number of methoxy groups -OCH3 is 1. The van der Waals surface area contributed by atoms with E-state index in [-0.39, 0.29) is 23.3 Å². The van der Waals surface area contributed by atoms with Crippen LogP contribution in [0.15, 0.2) is 0 Å². The molecule has 0 aromatic rings. The predicted octanol–water partition coefficient (Wildman–Crippen LogP) is 2.83. The highest BCUT2D eigenvalue weighted by Crippen LogP contribution is 2.47. The second-order valence-corrected chi connectivity index (χ2v) is 12.3. The predicted molar refractivity (Wildman–Crippen MR) is 140 cm³/mol. The third-order valence-electron chi connectivity index (χ3n) is 9.00. The van der Waals surface area contributed by atoms with Gasteiger partial charge in [0.05, 0.1) is 13.2 Å². The van der Waals surface area contributed by atoms with Crippen LogP contribution in [0, 0.1) is 11.3 Å². The van der Waals surface area contributed by atoms with Gasteiger partial charge in [-0.3, -0.25) is 19.2 Å². The maximum Gasteiger partial charge on any atom is 0.407 e. The maximum absolute atomic E-state index is 13.9. The number of halogens is 2.